The molecule has 0 atom stereocenters. The van der Waals surface area contributed by atoms with Gasteiger partial charge in [0.25, 0.3) is 5.91 Å². The molecule has 0 bridgehead atoms. The predicted molar refractivity (Wildman–Crippen MR) is 112 cm³/mol. The maximum absolute atomic E-state index is 13.0. The van der Waals surface area contributed by atoms with E-state index in [1.807, 2.05) is 24.8 Å². The number of nitrogens with zero attached hydrogens (tertiary/aromatic N) is 2. The maximum atomic E-state index is 13.0. The van der Waals surface area contributed by atoms with Crippen LogP contribution in [0.3, 0.4) is 0 Å². The number of hydrogen-bond acceptors (Lipinski definition) is 3. The Bertz CT molecular complexity index is 720. The third-order valence-electron chi connectivity index (χ3n) is 6.23. The number of piperidine rings is 1. The molecule has 3 rings (SSSR count). The molecule has 1 N–H and O–H groups in total. The van der Waals surface area contributed by atoms with E-state index in [0.29, 0.717) is 31.8 Å². The highest BCUT2D eigenvalue weighted by Crippen LogP contribution is 2.28. The number of carbonyl (C=O) groups is 3. The first kappa shape index (κ1) is 21.3. The molecule has 1 aromatic rings. The number of rotatable bonds is 8. The van der Waals surface area contributed by atoms with E-state index in [0.717, 1.165) is 37.0 Å². The van der Waals surface area contributed by atoms with E-state index in [-0.39, 0.29) is 18.4 Å². The zero-order chi connectivity index (χ0) is 20.9. The molecule has 0 radical (unpaired) electrons. The number of benzene rings is 1. The molecule has 2 fully saturated rings. The van der Waals surface area contributed by atoms with Gasteiger partial charge in [0.05, 0.1) is 0 Å². The van der Waals surface area contributed by atoms with Gasteiger partial charge in [-0.3, -0.25) is 14.5 Å². The average Bonchev–Trinajstić information content (AvgIpc) is 2.94. The van der Waals surface area contributed by atoms with Crippen molar-refractivity contribution in [2.45, 2.75) is 64.3 Å². The number of nitrogens with one attached hydrogen (secondary N) is 1. The van der Waals surface area contributed by atoms with Gasteiger partial charge in [-0.05, 0) is 43.6 Å². The molecule has 0 unspecified atom stereocenters. The zero-order valence-electron chi connectivity index (χ0n) is 17.7. The van der Waals surface area contributed by atoms with Crippen molar-refractivity contribution in [1.29, 1.82) is 0 Å². The summed E-state index contributed by atoms with van der Waals surface area (Å²) in [7, 11) is 0. The summed E-state index contributed by atoms with van der Waals surface area (Å²) in [5.74, 6) is 0.203. The minimum atomic E-state index is -0.830. The van der Waals surface area contributed by atoms with Crippen LogP contribution >= 0.6 is 0 Å². The Hall–Kier alpha value is -2.37. The highest BCUT2D eigenvalue weighted by Gasteiger charge is 2.50. The summed E-state index contributed by atoms with van der Waals surface area (Å²) in [4.78, 5) is 41.1. The van der Waals surface area contributed by atoms with Crippen LogP contribution in [0.1, 0.15) is 57.9 Å². The molecule has 2 saturated heterocycles. The van der Waals surface area contributed by atoms with E-state index in [9.17, 15) is 14.4 Å². The van der Waals surface area contributed by atoms with Crippen LogP contribution in [0.5, 0.6) is 0 Å². The molecular weight excluding hydrogens is 366 g/mol. The Labute approximate surface area is 173 Å². The molecule has 29 heavy (non-hydrogen) atoms. The highest BCUT2D eigenvalue weighted by atomic mass is 16.2. The normalized spacial score (nSPS) is 19.5. The van der Waals surface area contributed by atoms with Gasteiger partial charge >= 0.3 is 6.03 Å². The SMILES string of the molecule is CCCC1(CCC)NC(=O)N(CC(=O)N2CCC(Cc3ccccc3)CC2)C1=O. The molecule has 2 aliphatic rings. The van der Waals surface area contributed by atoms with Crippen LogP contribution in [0.25, 0.3) is 0 Å². The van der Waals surface area contributed by atoms with Crippen molar-refractivity contribution in [3.8, 4) is 0 Å². The van der Waals surface area contributed by atoms with Gasteiger partial charge < -0.3 is 10.2 Å². The largest absolute Gasteiger partial charge is 0.341 e. The summed E-state index contributed by atoms with van der Waals surface area (Å²) in [6, 6.07) is 10.0. The van der Waals surface area contributed by atoms with Crippen molar-refractivity contribution in [3.05, 3.63) is 35.9 Å². The fourth-order valence-electron chi connectivity index (χ4n) is 4.71. The van der Waals surface area contributed by atoms with Gasteiger partial charge in [-0.1, -0.05) is 57.0 Å². The quantitative estimate of drug-likeness (QED) is 0.682. The summed E-state index contributed by atoms with van der Waals surface area (Å²) in [5.41, 5.74) is 0.503. The minimum absolute atomic E-state index is 0.129. The summed E-state index contributed by atoms with van der Waals surface area (Å²) in [6.07, 6.45) is 5.78. The molecule has 6 heteroatoms. The number of hydrogen-bond donors (Lipinski definition) is 1. The lowest BCUT2D eigenvalue weighted by molar-refractivity contribution is -0.140. The highest BCUT2D eigenvalue weighted by molar-refractivity contribution is 6.09. The molecular formula is C23H33N3O3. The van der Waals surface area contributed by atoms with Crippen LogP contribution in [-0.4, -0.2) is 52.8 Å². The molecule has 1 aromatic carbocycles. The lowest BCUT2D eigenvalue weighted by Gasteiger charge is -2.33. The van der Waals surface area contributed by atoms with E-state index in [4.69, 9.17) is 0 Å². The number of imide groups is 1. The van der Waals surface area contributed by atoms with Crippen LogP contribution in [0.2, 0.25) is 0 Å². The summed E-state index contributed by atoms with van der Waals surface area (Å²) in [6.45, 7) is 5.24. The van der Waals surface area contributed by atoms with Crippen LogP contribution in [0, 0.1) is 5.92 Å². The van der Waals surface area contributed by atoms with Gasteiger partial charge in [0.1, 0.15) is 12.1 Å². The third kappa shape index (κ3) is 4.80. The van der Waals surface area contributed by atoms with E-state index in [2.05, 4.69) is 29.6 Å². The molecule has 0 aromatic heterocycles. The molecule has 0 spiro atoms. The average molecular weight is 400 g/mol. The molecule has 0 aliphatic carbocycles. The first-order valence-corrected chi connectivity index (χ1v) is 10.9. The number of amides is 4. The third-order valence-corrected chi connectivity index (χ3v) is 6.23. The van der Waals surface area contributed by atoms with Crippen LogP contribution in [-0.2, 0) is 16.0 Å². The van der Waals surface area contributed by atoms with Crippen molar-refractivity contribution in [1.82, 2.24) is 15.1 Å². The Morgan fingerprint density at radius 2 is 1.69 bits per heavy atom. The van der Waals surface area contributed by atoms with Gasteiger partial charge in [0.2, 0.25) is 5.91 Å². The van der Waals surface area contributed by atoms with Crippen LogP contribution in [0.4, 0.5) is 4.79 Å². The monoisotopic (exact) mass is 399 g/mol. The topological polar surface area (TPSA) is 69.7 Å². The zero-order valence-corrected chi connectivity index (χ0v) is 17.7. The lowest BCUT2D eigenvalue weighted by Crippen LogP contribution is -2.48. The van der Waals surface area contributed by atoms with E-state index < -0.39 is 11.6 Å². The van der Waals surface area contributed by atoms with Gasteiger partial charge in [-0.2, -0.15) is 0 Å². The molecule has 158 valence electrons. The maximum Gasteiger partial charge on any atom is 0.325 e. The Morgan fingerprint density at radius 1 is 1.07 bits per heavy atom. The fourth-order valence-corrected chi connectivity index (χ4v) is 4.71. The van der Waals surface area contributed by atoms with Crippen molar-refractivity contribution in [2.75, 3.05) is 19.6 Å². The standard InChI is InChI=1S/C23H33N3O3/c1-3-12-23(13-4-2)21(28)26(22(29)24-23)17-20(27)25-14-10-19(11-15-25)16-18-8-6-5-7-9-18/h5-9,19H,3-4,10-17H2,1-2H3,(H,24,29). The Kier molecular flexibility index (Phi) is 6.93. The second-order valence-electron chi connectivity index (χ2n) is 8.42. The molecule has 6 nitrogen and oxygen atoms in total. The first-order valence-electron chi connectivity index (χ1n) is 10.9. The van der Waals surface area contributed by atoms with Crippen LogP contribution in [0.15, 0.2) is 30.3 Å². The number of carbonyl (C=O) groups excluding carboxylic acids is 3. The lowest BCUT2D eigenvalue weighted by atomic mass is 9.88. The van der Waals surface area contributed by atoms with Crippen molar-refractivity contribution in [2.24, 2.45) is 5.92 Å². The second kappa shape index (κ2) is 9.42. The smallest absolute Gasteiger partial charge is 0.325 e. The van der Waals surface area contributed by atoms with Gasteiger partial charge in [0.15, 0.2) is 0 Å². The van der Waals surface area contributed by atoms with Gasteiger partial charge in [-0.25, -0.2) is 4.79 Å². The number of likely N-dealkylation sites (tertiary alicyclic amines) is 1. The number of urea groups is 1. The first-order chi connectivity index (χ1) is 14.0. The second-order valence-corrected chi connectivity index (χ2v) is 8.42. The van der Waals surface area contributed by atoms with Crippen LogP contribution < -0.4 is 5.32 Å². The van der Waals surface area contributed by atoms with Crippen molar-refractivity contribution in [3.63, 3.8) is 0 Å². The van der Waals surface area contributed by atoms with Crippen molar-refractivity contribution >= 4 is 17.8 Å². The fraction of sp³-hybridized carbons (Fsp3) is 0.609. The van der Waals surface area contributed by atoms with Gasteiger partial charge in [-0.15, -0.1) is 0 Å². The molecule has 2 heterocycles. The van der Waals surface area contributed by atoms with E-state index in [1.165, 1.54) is 5.56 Å². The molecule has 4 amide bonds. The minimum Gasteiger partial charge on any atom is -0.341 e. The predicted octanol–water partition coefficient (Wildman–Crippen LogP) is 3.36. The Morgan fingerprint density at radius 3 is 2.28 bits per heavy atom. The summed E-state index contributed by atoms with van der Waals surface area (Å²) < 4.78 is 0. The van der Waals surface area contributed by atoms with E-state index >= 15 is 0 Å². The van der Waals surface area contributed by atoms with Gasteiger partial charge in [0, 0.05) is 13.1 Å². The van der Waals surface area contributed by atoms with Crippen molar-refractivity contribution < 1.29 is 14.4 Å². The summed E-state index contributed by atoms with van der Waals surface area (Å²) >= 11 is 0. The molecule has 0 saturated carbocycles. The molecule has 2 aliphatic heterocycles. The summed E-state index contributed by atoms with van der Waals surface area (Å²) in [5, 5.41) is 2.88. The van der Waals surface area contributed by atoms with E-state index in [1.54, 1.807) is 0 Å². The Balaban J connectivity index is 1.54.